The third-order valence-corrected chi connectivity index (χ3v) is 6.49. The van der Waals surface area contributed by atoms with Crippen LogP contribution in [0.2, 0.25) is 0 Å². The lowest BCUT2D eigenvalue weighted by molar-refractivity contribution is 0.249. The molecule has 5 rings (SSSR count). The minimum atomic E-state index is -0.486. The predicted molar refractivity (Wildman–Crippen MR) is 128 cm³/mol. The van der Waals surface area contributed by atoms with Crippen LogP contribution in [-0.2, 0) is 13.1 Å². The van der Waals surface area contributed by atoms with Crippen molar-refractivity contribution in [2.24, 2.45) is 0 Å². The molecule has 1 fully saturated rings. The zero-order valence-electron chi connectivity index (χ0n) is 18.2. The summed E-state index contributed by atoms with van der Waals surface area (Å²) in [6.07, 6.45) is 3.30. The van der Waals surface area contributed by atoms with E-state index in [9.17, 15) is 9.18 Å². The Morgan fingerprint density at radius 3 is 2.67 bits per heavy atom. The minimum absolute atomic E-state index is 0.186. The number of hydrogen-bond acceptors (Lipinski definition) is 6. The normalized spacial score (nSPS) is 14.8. The molecule has 0 radical (unpaired) electrons. The van der Waals surface area contributed by atoms with Crippen molar-refractivity contribution in [1.82, 2.24) is 29.4 Å². The van der Waals surface area contributed by atoms with Crippen LogP contribution < -0.4 is 10.6 Å². The van der Waals surface area contributed by atoms with Gasteiger partial charge in [-0.1, -0.05) is 18.3 Å². The molecule has 1 aliphatic heterocycles. The van der Waals surface area contributed by atoms with Gasteiger partial charge in [0.2, 0.25) is 5.95 Å². The smallest absolute Gasteiger partial charge is 0.326 e. The van der Waals surface area contributed by atoms with Crippen LogP contribution in [0.3, 0.4) is 0 Å². The average Bonchev–Trinajstić information content (AvgIpc) is 3.35. The first kappa shape index (κ1) is 21.5. The van der Waals surface area contributed by atoms with E-state index in [0.717, 1.165) is 36.1 Å². The number of rotatable bonds is 5. The van der Waals surface area contributed by atoms with E-state index in [2.05, 4.69) is 30.9 Å². The molecule has 0 amide bonds. The van der Waals surface area contributed by atoms with Gasteiger partial charge in [0.25, 0.3) is 0 Å². The van der Waals surface area contributed by atoms with Gasteiger partial charge in [-0.25, -0.2) is 14.8 Å². The highest BCUT2D eigenvalue weighted by atomic mass is 32.1. The van der Waals surface area contributed by atoms with Crippen LogP contribution in [0.1, 0.15) is 12.5 Å². The van der Waals surface area contributed by atoms with E-state index < -0.39 is 5.95 Å². The lowest BCUT2D eigenvalue weighted by Gasteiger charge is -2.36. The molecule has 0 unspecified atom stereocenters. The van der Waals surface area contributed by atoms with Crippen molar-refractivity contribution in [2.45, 2.75) is 20.0 Å². The number of H-pyrrole nitrogens is 2. The zero-order valence-corrected chi connectivity index (χ0v) is 19.0. The van der Waals surface area contributed by atoms with Crippen LogP contribution in [0.15, 0.2) is 47.5 Å². The van der Waals surface area contributed by atoms with Crippen molar-refractivity contribution in [2.75, 3.05) is 31.1 Å². The molecule has 0 atom stereocenters. The van der Waals surface area contributed by atoms with E-state index in [1.165, 1.54) is 0 Å². The van der Waals surface area contributed by atoms with Crippen molar-refractivity contribution in [3.63, 3.8) is 0 Å². The van der Waals surface area contributed by atoms with E-state index in [-0.39, 0.29) is 5.69 Å². The molecule has 4 aromatic rings. The number of benzene rings is 1. The van der Waals surface area contributed by atoms with Gasteiger partial charge in [-0.3, -0.25) is 9.47 Å². The molecule has 10 heteroatoms. The van der Waals surface area contributed by atoms with Gasteiger partial charge in [0, 0.05) is 57.0 Å². The number of aromatic nitrogens is 5. The summed E-state index contributed by atoms with van der Waals surface area (Å²) in [5, 5.41) is 0.876. The average molecular weight is 466 g/mol. The Morgan fingerprint density at radius 2 is 1.97 bits per heavy atom. The fourth-order valence-corrected chi connectivity index (χ4v) is 4.68. The number of aromatic amines is 2. The van der Waals surface area contributed by atoms with Gasteiger partial charge < -0.3 is 14.9 Å². The van der Waals surface area contributed by atoms with Gasteiger partial charge in [-0.2, -0.15) is 4.39 Å². The van der Waals surface area contributed by atoms with Crippen LogP contribution in [0, 0.1) is 10.6 Å². The van der Waals surface area contributed by atoms with E-state index >= 15 is 0 Å². The quantitative estimate of drug-likeness (QED) is 0.347. The molecular weight excluding hydrogens is 441 g/mol. The maximum absolute atomic E-state index is 14.7. The van der Waals surface area contributed by atoms with Gasteiger partial charge in [-0.15, -0.1) is 0 Å². The Bertz CT molecular complexity index is 1400. The number of fused-ring (bicyclic) bond motifs is 1. The standard InChI is InChI=1S/C23H24FN7OS/c1-2-31-22(33)16-4-3-15(13-18(16)28-23(31)32)14-29-9-11-30(12-10-29)19-6-5-17(27-20(19)24)21-25-7-8-26-21/h3-8,13H,2,9-12,14H2,1H3,(H,25,26)(H,28,32). The number of nitrogens with one attached hydrogen (secondary N) is 2. The molecular formula is C23H24FN7OS. The number of nitrogens with zero attached hydrogens (tertiary/aromatic N) is 5. The summed E-state index contributed by atoms with van der Waals surface area (Å²) in [6.45, 7) is 6.19. The van der Waals surface area contributed by atoms with Gasteiger partial charge in [0.15, 0.2) is 5.82 Å². The fraction of sp³-hybridized carbons (Fsp3) is 0.304. The molecule has 0 spiro atoms. The predicted octanol–water partition coefficient (Wildman–Crippen LogP) is 3.33. The topological polar surface area (TPSA) is 85.8 Å². The molecule has 1 aromatic carbocycles. The third-order valence-electron chi connectivity index (χ3n) is 6.05. The summed E-state index contributed by atoms with van der Waals surface area (Å²) in [4.78, 5) is 30.7. The lowest BCUT2D eigenvalue weighted by atomic mass is 10.1. The molecule has 0 saturated carbocycles. The Labute approximate surface area is 194 Å². The van der Waals surface area contributed by atoms with Gasteiger partial charge in [-0.05, 0) is 36.8 Å². The number of anilines is 1. The lowest BCUT2D eigenvalue weighted by Crippen LogP contribution is -2.46. The molecule has 3 aromatic heterocycles. The number of pyridine rings is 1. The summed E-state index contributed by atoms with van der Waals surface area (Å²) in [5.74, 6) is 0.0644. The van der Waals surface area contributed by atoms with E-state index in [0.29, 0.717) is 41.5 Å². The van der Waals surface area contributed by atoms with E-state index in [1.54, 1.807) is 29.1 Å². The zero-order chi connectivity index (χ0) is 22.9. The SMILES string of the molecule is CCn1c(=O)[nH]c2cc(CN3CCN(c4ccc(-c5ncc[nH]5)nc4F)CC3)ccc2c1=S. The Hall–Kier alpha value is -3.37. The second kappa shape index (κ2) is 8.87. The van der Waals surface area contributed by atoms with E-state index in [4.69, 9.17) is 12.2 Å². The number of imidazole rings is 1. The highest BCUT2D eigenvalue weighted by Gasteiger charge is 2.21. The Kier molecular flexibility index (Phi) is 5.77. The highest BCUT2D eigenvalue weighted by molar-refractivity contribution is 7.71. The van der Waals surface area contributed by atoms with Crippen molar-refractivity contribution in [1.29, 1.82) is 0 Å². The summed E-state index contributed by atoms with van der Waals surface area (Å²) in [7, 11) is 0. The summed E-state index contributed by atoms with van der Waals surface area (Å²) in [5.41, 5.74) is 2.67. The molecule has 4 heterocycles. The molecule has 8 nitrogen and oxygen atoms in total. The maximum Gasteiger partial charge on any atom is 0.326 e. The Balaban J connectivity index is 1.27. The van der Waals surface area contributed by atoms with Crippen LogP contribution in [-0.4, -0.2) is 55.6 Å². The highest BCUT2D eigenvalue weighted by Crippen LogP contribution is 2.23. The summed E-state index contributed by atoms with van der Waals surface area (Å²) < 4.78 is 16.8. The Morgan fingerprint density at radius 1 is 1.15 bits per heavy atom. The first-order valence-corrected chi connectivity index (χ1v) is 11.3. The second-order valence-electron chi connectivity index (χ2n) is 8.07. The molecule has 0 bridgehead atoms. The van der Waals surface area contributed by atoms with Gasteiger partial charge in [0.05, 0.1) is 11.2 Å². The number of halogens is 1. The molecule has 33 heavy (non-hydrogen) atoms. The molecule has 170 valence electrons. The van der Waals surface area contributed by atoms with Crippen LogP contribution in [0.5, 0.6) is 0 Å². The largest absolute Gasteiger partial charge is 0.365 e. The van der Waals surface area contributed by atoms with Crippen molar-refractivity contribution >= 4 is 28.8 Å². The molecule has 1 aliphatic rings. The first-order valence-electron chi connectivity index (χ1n) is 10.9. The van der Waals surface area contributed by atoms with Crippen LogP contribution in [0.4, 0.5) is 10.1 Å². The summed E-state index contributed by atoms with van der Waals surface area (Å²) >= 11 is 5.47. The van der Waals surface area contributed by atoms with Gasteiger partial charge >= 0.3 is 5.69 Å². The van der Waals surface area contributed by atoms with Crippen LogP contribution in [0.25, 0.3) is 22.4 Å². The summed E-state index contributed by atoms with van der Waals surface area (Å²) in [6, 6.07) is 9.59. The van der Waals surface area contributed by atoms with Crippen LogP contribution >= 0.6 is 12.2 Å². The third kappa shape index (κ3) is 4.19. The number of piperazine rings is 1. The second-order valence-corrected chi connectivity index (χ2v) is 8.45. The number of hydrogen-bond donors (Lipinski definition) is 2. The van der Waals surface area contributed by atoms with E-state index in [1.807, 2.05) is 24.0 Å². The van der Waals surface area contributed by atoms with Gasteiger partial charge in [0.1, 0.15) is 10.3 Å². The molecule has 2 N–H and O–H groups in total. The maximum atomic E-state index is 14.7. The van der Waals surface area contributed by atoms with Crippen molar-refractivity contribution in [3.05, 3.63) is 69.4 Å². The first-order chi connectivity index (χ1) is 16.0. The molecule has 1 saturated heterocycles. The fourth-order valence-electron chi connectivity index (χ4n) is 4.29. The minimum Gasteiger partial charge on any atom is -0.365 e. The monoisotopic (exact) mass is 465 g/mol. The molecule has 0 aliphatic carbocycles. The van der Waals surface area contributed by atoms with Crippen molar-refractivity contribution < 1.29 is 4.39 Å². The van der Waals surface area contributed by atoms with Crippen molar-refractivity contribution in [3.8, 4) is 11.5 Å².